The van der Waals surface area contributed by atoms with Crippen molar-refractivity contribution < 1.29 is 22.8 Å². The second kappa shape index (κ2) is 9.53. The molecule has 0 spiro atoms. The van der Waals surface area contributed by atoms with Gasteiger partial charge in [-0.1, -0.05) is 23.4 Å². The van der Waals surface area contributed by atoms with E-state index in [1.54, 1.807) is 31.4 Å². The van der Waals surface area contributed by atoms with Crippen LogP contribution in [-0.2, 0) is 19.7 Å². The Kier molecular flexibility index (Phi) is 6.84. The van der Waals surface area contributed by atoms with Crippen molar-refractivity contribution >= 4 is 27.8 Å². The van der Waals surface area contributed by atoms with Crippen molar-refractivity contribution in [1.29, 1.82) is 0 Å². The average Bonchev–Trinajstić information content (AvgIpc) is 3.27. The van der Waals surface area contributed by atoms with E-state index in [2.05, 4.69) is 10.5 Å². The van der Waals surface area contributed by atoms with Crippen LogP contribution in [0, 0.1) is 0 Å². The first kappa shape index (κ1) is 20.8. The van der Waals surface area contributed by atoms with Gasteiger partial charge in [0.05, 0.1) is 18.2 Å². The van der Waals surface area contributed by atoms with Crippen LogP contribution in [0.15, 0.2) is 58.6 Å². The number of sulfonamides is 1. The summed E-state index contributed by atoms with van der Waals surface area (Å²) in [6.07, 6.45) is 3.18. The summed E-state index contributed by atoms with van der Waals surface area (Å²) in [5.41, 5.74) is 1.10. The van der Waals surface area contributed by atoms with Crippen molar-refractivity contribution in [2.24, 2.45) is 5.16 Å². The molecule has 1 aliphatic heterocycles. The molecule has 1 fully saturated rings. The average molecular weight is 417 g/mol. The Hall–Kier alpha value is -2.91. The maximum atomic E-state index is 12.6. The van der Waals surface area contributed by atoms with Gasteiger partial charge in [-0.25, -0.2) is 8.42 Å². The number of ether oxygens (including phenoxy) is 1. The molecule has 1 saturated heterocycles. The number of carbonyl (C=O) groups is 1. The number of carbonyl (C=O) groups excluding carboxylic acids is 1. The van der Waals surface area contributed by atoms with Gasteiger partial charge in [-0.3, -0.25) is 4.79 Å². The van der Waals surface area contributed by atoms with Crippen LogP contribution < -0.4 is 10.1 Å². The van der Waals surface area contributed by atoms with Gasteiger partial charge >= 0.3 is 0 Å². The molecule has 0 unspecified atom stereocenters. The molecule has 154 valence electrons. The molecule has 8 nitrogen and oxygen atoms in total. The Labute approximate surface area is 170 Å². The van der Waals surface area contributed by atoms with E-state index in [9.17, 15) is 13.2 Å². The third-order valence-corrected chi connectivity index (χ3v) is 6.32. The second-order valence-corrected chi connectivity index (χ2v) is 8.38. The predicted octanol–water partition coefficient (Wildman–Crippen LogP) is 2.47. The van der Waals surface area contributed by atoms with E-state index >= 15 is 0 Å². The van der Waals surface area contributed by atoms with Crippen molar-refractivity contribution in [2.75, 3.05) is 32.1 Å². The molecule has 3 rings (SSSR count). The van der Waals surface area contributed by atoms with Gasteiger partial charge < -0.3 is 14.9 Å². The molecular weight excluding hydrogens is 394 g/mol. The van der Waals surface area contributed by atoms with Gasteiger partial charge in [0, 0.05) is 24.3 Å². The number of amides is 1. The zero-order valence-electron chi connectivity index (χ0n) is 16.1. The minimum atomic E-state index is -3.54. The molecule has 0 atom stereocenters. The van der Waals surface area contributed by atoms with E-state index in [1.807, 2.05) is 12.1 Å². The standard InChI is InChI=1S/C20H23N3O5S/c1-27-19-10-3-2-7-16(19)14-21-28-15-20(24)22-17-8-6-9-18(13-17)29(25,26)23-11-4-5-12-23/h2-3,6-10,13-14H,4-5,11-12,15H2,1H3,(H,22,24)/b21-14-. The molecule has 0 aromatic heterocycles. The first-order chi connectivity index (χ1) is 14.0. The second-order valence-electron chi connectivity index (χ2n) is 6.44. The number of hydrogen-bond donors (Lipinski definition) is 1. The highest BCUT2D eigenvalue weighted by Crippen LogP contribution is 2.23. The fourth-order valence-electron chi connectivity index (χ4n) is 2.97. The van der Waals surface area contributed by atoms with E-state index in [4.69, 9.17) is 9.57 Å². The van der Waals surface area contributed by atoms with E-state index in [0.717, 1.165) is 18.4 Å². The summed E-state index contributed by atoms with van der Waals surface area (Å²) < 4.78 is 31.9. The molecule has 1 aliphatic rings. The lowest BCUT2D eigenvalue weighted by Gasteiger charge is -2.16. The summed E-state index contributed by atoms with van der Waals surface area (Å²) >= 11 is 0. The highest BCUT2D eigenvalue weighted by Gasteiger charge is 2.27. The van der Waals surface area contributed by atoms with Crippen LogP contribution in [-0.4, -0.2) is 51.7 Å². The van der Waals surface area contributed by atoms with Crippen LogP contribution in [0.5, 0.6) is 5.75 Å². The largest absolute Gasteiger partial charge is 0.496 e. The summed E-state index contributed by atoms with van der Waals surface area (Å²) in [4.78, 5) is 17.3. The predicted molar refractivity (Wildman–Crippen MR) is 110 cm³/mol. The molecule has 0 saturated carbocycles. The van der Waals surface area contributed by atoms with Gasteiger partial charge in [0.1, 0.15) is 5.75 Å². The summed E-state index contributed by atoms with van der Waals surface area (Å²) in [6, 6.07) is 13.5. The third-order valence-electron chi connectivity index (χ3n) is 4.42. The Morgan fingerprint density at radius 1 is 1.17 bits per heavy atom. The quantitative estimate of drug-likeness (QED) is 0.526. The lowest BCUT2D eigenvalue weighted by molar-refractivity contribution is -0.120. The van der Waals surface area contributed by atoms with Crippen LogP contribution in [0.1, 0.15) is 18.4 Å². The molecule has 1 amide bonds. The van der Waals surface area contributed by atoms with Gasteiger partial charge in [0.15, 0.2) is 6.61 Å². The van der Waals surface area contributed by atoms with Crippen LogP contribution in [0.2, 0.25) is 0 Å². The number of hydrogen-bond acceptors (Lipinski definition) is 6. The number of rotatable bonds is 8. The van der Waals surface area contributed by atoms with Crippen molar-refractivity contribution in [2.45, 2.75) is 17.7 Å². The molecule has 2 aromatic rings. The minimum Gasteiger partial charge on any atom is -0.496 e. The monoisotopic (exact) mass is 417 g/mol. The maximum Gasteiger partial charge on any atom is 0.265 e. The molecular formula is C20H23N3O5S. The summed E-state index contributed by atoms with van der Waals surface area (Å²) in [5.74, 6) is 0.193. The molecule has 0 aliphatic carbocycles. The summed E-state index contributed by atoms with van der Waals surface area (Å²) in [7, 11) is -1.99. The normalized spacial score (nSPS) is 14.8. The molecule has 0 radical (unpaired) electrons. The van der Waals surface area contributed by atoms with Crippen LogP contribution >= 0.6 is 0 Å². The van der Waals surface area contributed by atoms with Crippen molar-refractivity contribution in [1.82, 2.24) is 4.31 Å². The first-order valence-corrected chi connectivity index (χ1v) is 10.6. The highest BCUT2D eigenvalue weighted by atomic mass is 32.2. The number of anilines is 1. The first-order valence-electron chi connectivity index (χ1n) is 9.19. The molecule has 9 heteroatoms. The van der Waals surface area contributed by atoms with Crippen molar-refractivity contribution in [3.63, 3.8) is 0 Å². The number of benzene rings is 2. The Morgan fingerprint density at radius 2 is 1.93 bits per heavy atom. The fourth-order valence-corrected chi connectivity index (χ4v) is 4.54. The number of nitrogens with one attached hydrogen (secondary N) is 1. The molecule has 1 heterocycles. The highest BCUT2D eigenvalue weighted by molar-refractivity contribution is 7.89. The molecule has 1 N–H and O–H groups in total. The zero-order valence-corrected chi connectivity index (χ0v) is 16.9. The van der Waals surface area contributed by atoms with E-state index in [-0.39, 0.29) is 11.5 Å². The third kappa shape index (κ3) is 5.33. The summed E-state index contributed by atoms with van der Waals surface area (Å²) in [5, 5.41) is 6.39. The molecule has 2 aromatic carbocycles. The Balaban J connectivity index is 1.56. The van der Waals surface area contributed by atoms with Crippen molar-refractivity contribution in [3.05, 3.63) is 54.1 Å². The molecule has 29 heavy (non-hydrogen) atoms. The van der Waals surface area contributed by atoms with Gasteiger partial charge in [0.25, 0.3) is 5.91 Å². The van der Waals surface area contributed by atoms with E-state index in [1.165, 1.54) is 22.7 Å². The number of para-hydroxylation sites is 1. The smallest absolute Gasteiger partial charge is 0.265 e. The lowest BCUT2D eigenvalue weighted by Crippen LogP contribution is -2.28. The molecule has 0 bridgehead atoms. The fraction of sp³-hybridized carbons (Fsp3) is 0.300. The zero-order chi connectivity index (χ0) is 20.7. The van der Waals surface area contributed by atoms with Crippen LogP contribution in [0.25, 0.3) is 0 Å². The Morgan fingerprint density at radius 3 is 2.69 bits per heavy atom. The van der Waals surface area contributed by atoms with Crippen LogP contribution in [0.4, 0.5) is 5.69 Å². The van der Waals surface area contributed by atoms with Crippen molar-refractivity contribution in [3.8, 4) is 5.75 Å². The van der Waals surface area contributed by atoms with Crippen LogP contribution in [0.3, 0.4) is 0 Å². The topological polar surface area (TPSA) is 97.3 Å². The van der Waals surface area contributed by atoms with Gasteiger partial charge in [-0.05, 0) is 43.2 Å². The summed E-state index contributed by atoms with van der Waals surface area (Å²) in [6.45, 7) is 0.739. The minimum absolute atomic E-state index is 0.160. The van der Waals surface area contributed by atoms with E-state index in [0.29, 0.717) is 24.5 Å². The number of methoxy groups -OCH3 is 1. The Bertz CT molecular complexity index is 985. The number of oxime groups is 1. The van der Waals surface area contributed by atoms with E-state index < -0.39 is 15.9 Å². The van der Waals surface area contributed by atoms with Gasteiger partial charge in [0.2, 0.25) is 10.0 Å². The SMILES string of the molecule is COc1ccccc1/C=N\OCC(=O)Nc1cccc(S(=O)(=O)N2CCCC2)c1. The maximum absolute atomic E-state index is 12.6. The van der Waals surface area contributed by atoms with Gasteiger partial charge in [-0.2, -0.15) is 4.31 Å². The number of nitrogens with zero attached hydrogens (tertiary/aromatic N) is 2. The van der Waals surface area contributed by atoms with Gasteiger partial charge in [-0.15, -0.1) is 0 Å². The lowest BCUT2D eigenvalue weighted by atomic mass is 10.2.